The van der Waals surface area contributed by atoms with E-state index >= 15 is 0 Å². The normalized spacial score (nSPS) is 10.7. The van der Waals surface area contributed by atoms with E-state index in [0.29, 0.717) is 6.42 Å². The molecule has 3 rings (SSSR count). The lowest BCUT2D eigenvalue weighted by atomic mass is 10.1. The number of fused-ring (bicyclic) bond motifs is 1. The third kappa shape index (κ3) is 2.43. The molecule has 0 saturated heterocycles. The van der Waals surface area contributed by atoms with Crippen molar-refractivity contribution in [1.82, 2.24) is 0 Å². The number of rotatable bonds is 3. The van der Waals surface area contributed by atoms with Gasteiger partial charge >= 0.3 is 0 Å². The highest BCUT2D eigenvalue weighted by Gasteiger charge is 2.10. The number of carbonyl (C=O) groups is 1. The summed E-state index contributed by atoms with van der Waals surface area (Å²) in [6.45, 7) is 1.98. The molecule has 1 heterocycles. The van der Waals surface area contributed by atoms with Gasteiger partial charge in [-0.2, -0.15) is 0 Å². The smallest absolute Gasteiger partial charge is 0.228 e. The van der Waals surface area contributed by atoms with Crippen LogP contribution in [-0.4, -0.2) is 5.91 Å². The fourth-order valence-corrected chi connectivity index (χ4v) is 2.25. The van der Waals surface area contributed by atoms with E-state index in [1.165, 1.54) is 0 Å². The molecule has 0 aliphatic heterocycles. The number of carbonyl (C=O) groups excluding carboxylic acids is 1. The molecule has 1 N–H and O–H groups in total. The summed E-state index contributed by atoms with van der Waals surface area (Å²) >= 11 is 0. The Labute approximate surface area is 117 Å². The Kier molecular flexibility index (Phi) is 3.25. The second kappa shape index (κ2) is 5.21. The molecule has 0 unspecified atom stereocenters. The number of nitrogens with one attached hydrogen (secondary N) is 1. The summed E-state index contributed by atoms with van der Waals surface area (Å²) < 4.78 is 5.44. The maximum Gasteiger partial charge on any atom is 0.228 e. The predicted molar refractivity (Wildman–Crippen MR) is 79.7 cm³/mol. The lowest BCUT2D eigenvalue weighted by molar-refractivity contribution is -0.115. The second-order valence-corrected chi connectivity index (χ2v) is 4.80. The summed E-state index contributed by atoms with van der Waals surface area (Å²) in [5.74, 6) is -0.0362. The van der Waals surface area contributed by atoms with Crippen LogP contribution in [0.2, 0.25) is 0 Å². The molecule has 20 heavy (non-hydrogen) atoms. The molecule has 2 aromatic carbocycles. The summed E-state index contributed by atoms with van der Waals surface area (Å²) in [5, 5.41) is 3.93. The molecule has 0 aliphatic rings. The minimum atomic E-state index is -0.0362. The number of hydrogen-bond donors (Lipinski definition) is 1. The van der Waals surface area contributed by atoms with Crippen molar-refractivity contribution in [2.75, 3.05) is 5.32 Å². The minimum absolute atomic E-state index is 0.0362. The monoisotopic (exact) mass is 265 g/mol. The highest BCUT2D eigenvalue weighted by atomic mass is 16.3. The highest BCUT2D eigenvalue weighted by molar-refractivity contribution is 5.95. The molecule has 0 radical (unpaired) electrons. The van der Waals surface area contributed by atoms with Crippen molar-refractivity contribution in [1.29, 1.82) is 0 Å². The Hall–Kier alpha value is -2.55. The molecule has 1 amide bonds. The van der Waals surface area contributed by atoms with Crippen LogP contribution in [0.15, 0.2) is 59.2 Å². The first-order valence-electron chi connectivity index (χ1n) is 6.54. The van der Waals surface area contributed by atoms with Gasteiger partial charge in [0.05, 0.1) is 12.7 Å². The third-order valence-corrected chi connectivity index (χ3v) is 3.33. The van der Waals surface area contributed by atoms with Crippen LogP contribution < -0.4 is 5.32 Å². The molecule has 3 nitrogen and oxygen atoms in total. The van der Waals surface area contributed by atoms with Crippen molar-refractivity contribution in [2.45, 2.75) is 13.3 Å². The largest absolute Gasteiger partial charge is 0.464 e. The van der Waals surface area contributed by atoms with E-state index in [0.717, 1.165) is 27.8 Å². The topological polar surface area (TPSA) is 42.2 Å². The maximum atomic E-state index is 12.1. The number of amides is 1. The molecule has 0 spiro atoms. The van der Waals surface area contributed by atoms with Gasteiger partial charge in [-0.3, -0.25) is 4.79 Å². The number of hydrogen-bond acceptors (Lipinski definition) is 2. The van der Waals surface area contributed by atoms with Crippen LogP contribution in [0.5, 0.6) is 0 Å². The van der Waals surface area contributed by atoms with Crippen molar-refractivity contribution in [3.8, 4) is 0 Å². The van der Waals surface area contributed by atoms with Gasteiger partial charge in [-0.05, 0) is 24.6 Å². The Bertz CT molecular complexity index is 758. The number of aryl methyl sites for hydroxylation is 1. The molecule has 0 saturated carbocycles. The van der Waals surface area contributed by atoms with E-state index in [9.17, 15) is 4.79 Å². The van der Waals surface area contributed by atoms with Gasteiger partial charge in [-0.15, -0.1) is 0 Å². The number of anilines is 1. The molecule has 1 aromatic heterocycles. The zero-order valence-corrected chi connectivity index (χ0v) is 11.2. The van der Waals surface area contributed by atoms with Crippen molar-refractivity contribution >= 4 is 22.6 Å². The highest BCUT2D eigenvalue weighted by Crippen LogP contribution is 2.21. The summed E-state index contributed by atoms with van der Waals surface area (Å²) in [6, 6.07) is 15.5. The Morgan fingerprint density at radius 2 is 1.85 bits per heavy atom. The molecule has 0 fully saturated rings. The second-order valence-electron chi connectivity index (χ2n) is 4.80. The molecule has 0 aliphatic carbocycles. The third-order valence-electron chi connectivity index (χ3n) is 3.33. The van der Waals surface area contributed by atoms with Crippen molar-refractivity contribution in [3.05, 3.63) is 65.9 Å². The molecular weight excluding hydrogens is 250 g/mol. The van der Waals surface area contributed by atoms with E-state index < -0.39 is 0 Å². The molecule has 3 heteroatoms. The van der Waals surface area contributed by atoms with Crippen LogP contribution in [-0.2, 0) is 11.2 Å². The van der Waals surface area contributed by atoms with Crippen LogP contribution in [0.1, 0.15) is 11.1 Å². The number of furan rings is 1. The van der Waals surface area contributed by atoms with E-state index in [4.69, 9.17) is 4.42 Å². The lowest BCUT2D eigenvalue weighted by Crippen LogP contribution is -2.14. The quantitative estimate of drug-likeness (QED) is 0.779. The summed E-state index contributed by atoms with van der Waals surface area (Å²) in [6.07, 6.45) is 1.97. The zero-order chi connectivity index (χ0) is 13.9. The summed E-state index contributed by atoms with van der Waals surface area (Å²) in [4.78, 5) is 12.1. The first-order chi connectivity index (χ1) is 9.74. The first-order valence-corrected chi connectivity index (χ1v) is 6.54. The molecule has 3 aromatic rings. The van der Waals surface area contributed by atoms with E-state index in [-0.39, 0.29) is 5.91 Å². The van der Waals surface area contributed by atoms with Gasteiger partial charge in [-0.25, -0.2) is 0 Å². The fraction of sp³-hybridized carbons (Fsp3) is 0.118. The van der Waals surface area contributed by atoms with Gasteiger partial charge in [-0.1, -0.05) is 36.4 Å². The van der Waals surface area contributed by atoms with Crippen molar-refractivity contribution in [2.24, 2.45) is 0 Å². The van der Waals surface area contributed by atoms with Gasteiger partial charge in [0.1, 0.15) is 5.58 Å². The van der Waals surface area contributed by atoms with Crippen LogP contribution in [0.3, 0.4) is 0 Å². The van der Waals surface area contributed by atoms with E-state index in [1.807, 2.05) is 55.5 Å². The first kappa shape index (κ1) is 12.5. The van der Waals surface area contributed by atoms with Crippen LogP contribution in [0.4, 0.5) is 5.69 Å². The standard InChI is InChI=1S/C17H15NO2/c1-12-6-2-4-8-15(12)18-17(19)10-13-11-20-16-9-5-3-7-14(13)16/h2-9,11H,10H2,1H3,(H,18,19). The Morgan fingerprint density at radius 3 is 2.70 bits per heavy atom. The van der Waals surface area contributed by atoms with Crippen molar-refractivity contribution < 1.29 is 9.21 Å². The predicted octanol–water partition coefficient (Wildman–Crippen LogP) is 3.92. The van der Waals surface area contributed by atoms with Crippen LogP contribution in [0, 0.1) is 6.92 Å². The average Bonchev–Trinajstić information content (AvgIpc) is 2.85. The van der Waals surface area contributed by atoms with E-state index in [1.54, 1.807) is 6.26 Å². The summed E-state index contributed by atoms with van der Waals surface area (Å²) in [7, 11) is 0. The average molecular weight is 265 g/mol. The van der Waals surface area contributed by atoms with Crippen molar-refractivity contribution in [3.63, 3.8) is 0 Å². The fourth-order valence-electron chi connectivity index (χ4n) is 2.25. The maximum absolute atomic E-state index is 12.1. The number of para-hydroxylation sites is 2. The minimum Gasteiger partial charge on any atom is -0.464 e. The van der Waals surface area contributed by atoms with E-state index in [2.05, 4.69) is 5.32 Å². The molecular formula is C17H15NO2. The summed E-state index contributed by atoms with van der Waals surface area (Å²) in [5.41, 5.74) is 3.63. The van der Waals surface area contributed by atoms with Gasteiger partial charge in [0, 0.05) is 16.6 Å². The van der Waals surface area contributed by atoms with Crippen LogP contribution >= 0.6 is 0 Å². The van der Waals surface area contributed by atoms with Gasteiger partial charge in [0.2, 0.25) is 5.91 Å². The van der Waals surface area contributed by atoms with Crippen LogP contribution in [0.25, 0.3) is 11.0 Å². The SMILES string of the molecule is Cc1ccccc1NC(=O)Cc1coc2ccccc12. The van der Waals surface area contributed by atoms with Gasteiger partial charge in [0.15, 0.2) is 0 Å². The number of benzene rings is 2. The molecule has 0 bridgehead atoms. The molecule has 100 valence electrons. The Balaban J connectivity index is 1.78. The lowest BCUT2D eigenvalue weighted by Gasteiger charge is -2.07. The van der Waals surface area contributed by atoms with Gasteiger partial charge < -0.3 is 9.73 Å². The Morgan fingerprint density at radius 1 is 1.10 bits per heavy atom. The molecule has 0 atom stereocenters. The zero-order valence-electron chi connectivity index (χ0n) is 11.2. The van der Waals surface area contributed by atoms with Gasteiger partial charge in [0.25, 0.3) is 0 Å².